The molecule has 1 aliphatic heterocycles. The monoisotopic (exact) mass is 297 g/mol. The molecule has 0 radical (unpaired) electrons. The molecule has 0 aromatic heterocycles. The van der Waals surface area contributed by atoms with E-state index in [1.807, 2.05) is 18.2 Å². The normalized spacial score (nSPS) is 20.6. The molecule has 0 amide bonds. The van der Waals surface area contributed by atoms with Gasteiger partial charge < -0.3 is 10.6 Å². The van der Waals surface area contributed by atoms with Crippen LogP contribution < -0.4 is 15.4 Å². The van der Waals surface area contributed by atoms with Crippen LogP contribution in [0.15, 0.2) is 24.3 Å². The molecule has 112 valence electrons. The van der Waals surface area contributed by atoms with Crippen molar-refractivity contribution in [3.05, 3.63) is 24.3 Å². The molecule has 2 rings (SSSR count). The summed E-state index contributed by atoms with van der Waals surface area (Å²) in [5.74, 6) is 0. The lowest BCUT2D eigenvalue weighted by atomic mass is 10.1. The summed E-state index contributed by atoms with van der Waals surface area (Å²) in [5, 5.41) is 6.87. The minimum atomic E-state index is -3.26. The van der Waals surface area contributed by atoms with Crippen molar-refractivity contribution in [3.8, 4) is 0 Å². The van der Waals surface area contributed by atoms with E-state index in [1.54, 1.807) is 6.07 Å². The van der Waals surface area contributed by atoms with Crippen LogP contribution in [0.3, 0.4) is 0 Å². The maximum atomic E-state index is 11.4. The molecule has 0 spiro atoms. The lowest BCUT2D eigenvalue weighted by Gasteiger charge is -2.21. The van der Waals surface area contributed by atoms with Crippen LogP contribution in [0.5, 0.6) is 0 Å². The molecular weight excluding hydrogens is 274 g/mol. The number of benzene rings is 1. The molecule has 1 heterocycles. The van der Waals surface area contributed by atoms with E-state index in [1.165, 1.54) is 12.8 Å². The summed E-state index contributed by atoms with van der Waals surface area (Å²) in [4.78, 5) is 0. The summed E-state index contributed by atoms with van der Waals surface area (Å²) in [7, 11) is -3.26. The topological polar surface area (TPSA) is 70.2 Å². The third kappa shape index (κ3) is 4.68. The highest BCUT2D eigenvalue weighted by Gasteiger charge is 2.17. The van der Waals surface area contributed by atoms with E-state index < -0.39 is 10.0 Å². The first-order valence-electron chi connectivity index (χ1n) is 7.01. The van der Waals surface area contributed by atoms with Gasteiger partial charge in [-0.1, -0.05) is 12.1 Å². The number of rotatable bonds is 6. The third-order valence-electron chi connectivity index (χ3n) is 3.42. The fourth-order valence-corrected chi connectivity index (χ4v) is 3.18. The number of nitrogens with one attached hydrogen (secondary N) is 3. The van der Waals surface area contributed by atoms with Gasteiger partial charge in [-0.2, -0.15) is 0 Å². The summed E-state index contributed by atoms with van der Waals surface area (Å²) in [5.41, 5.74) is 1.42. The SMILES string of the molecule is CC(CC1CCCN1)Nc1ccccc1NS(C)(=O)=O. The molecule has 20 heavy (non-hydrogen) atoms. The van der Waals surface area contributed by atoms with Crippen molar-refractivity contribution in [2.75, 3.05) is 22.8 Å². The van der Waals surface area contributed by atoms with Crippen LogP contribution in [-0.2, 0) is 10.0 Å². The minimum Gasteiger partial charge on any atom is -0.381 e. The maximum absolute atomic E-state index is 11.4. The molecule has 0 bridgehead atoms. The highest BCUT2D eigenvalue weighted by Crippen LogP contribution is 2.24. The zero-order chi connectivity index (χ0) is 14.6. The lowest BCUT2D eigenvalue weighted by Crippen LogP contribution is -2.29. The molecule has 1 aliphatic rings. The summed E-state index contributed by atoms with van der Waals surface area (Å²) in [6, 6.07) is 8.23. The van der Waals surface area contributed by atoms with E-state index >= 15 is 0 Å². The van der Waals surface area contributed by atoms with Gasteiger partial charge in [0.1, 0.15) is 0 Å². The molecule has 1 aromatic carbocycles. The van der Waals surface area contributed by atoms with Gasteiger partial charge in [-0.15, -0.1) is 0 Å². The summed E-state index contributed by atoms with van der Waals surface area (Å²) < 4.78 is 25.3. The first-order valence-corrected chi connectivity index (χ1v) is 8.90. The Morgan fingerprint density at radius 2 is 2.05 bits per heavy atom. The Labute approximate surface area is 121 Å². The standard InChI is InChI=1S/C14H23N3O2S/c1-11(10-12-6-5-9-15-12)16-13-7-3-4-8-14(13)17-20(2,18)19/h3-4,7-8,11-12,15-17H,5-6,9-10H2,1-2H3. The summed E-state index contributed by atoms with van der Waals surface area (Å²) in [6.07, 6.45) is 4.65. The van der Waals surface area contributed by atoms with Crippen LogP contribution in [0.4, 0.5) is 11.4 Å². The van der Waals surface area contributed by atoms with Gasteiger partial charge in [0.2, 0.25) is 10.0 Å². The fraction of sp³-hybridized carbons (Fsp3) is 0.571. The smallest absolute Gasteiger partial charge is 0.229 e. The van der Waals surface area contributed by atoms with E-state index in [-0.39, 0.29) is 6.04 Å². The number of hydrogen-bond donors (Lipinski definition) is 3. The van der Waals surface area contributed by atoms with Gasteiger partial charge in [-0.3, -0.25) is 4.72 Å². The zero-order valence-electron chi connectivity index (χ0n) is 12.0. The second-order valence-electron chi connectivity index (χ2n) is 5.49. The Balaban J connectivity index is 2.00. The number of sulfonamides is 1. The fourth-order valence-electron chi connectivity index (χ4n) is 2.61. The molecule has 1 fully saturated rings. The van der Waals surface area contributed by atoms with Crippen molar-refractivity contribution in [1.82, 2.24) is 5.32 Å². The highest BCUT2D eigenvalue weighted by atomic mass is 32.2. The largest absolute Gasteiger partial charge is 0.381 e. The molecule has 3 N–H and O–H groups in total. The molecule has 6 heteroatoms. The first-order chi connectivity index (χ1) is 9.44. The summed E-state index contributed by atoms with van der Waals surface area (Å²) in [6.45, 7) is 3.22. The number of para-hydroxylation sites is 2. The van der Waals surface area contributed by atoms with E-state index in [0.717, 1.165) is 24.9 Å². The number of hydrogen-bond acceptors (Lipinski definition) is 4. The van der Waals surface area contributed by atoms with Gasteiger partial charge in [-0.05, 0) is 44.9 Å². The lowest BCUT2D eigenvalue weighted by molar-refractivity contribution is 0.523. The first kappa shape index (κ1) is 15.1. The van der Waals surface area contributed by atoms with Crippen LogP contribution in [-0.4, -0.2) is 33.3 Å². The van der Waals surface area contributed by atoms with Crippen LogP contribution in [0.1, 0.15) is 26.2 Å². The zero-order valence-corrected chi connectivity index (χ0v) is 12.8. The van der Waals surface area contributed by atoms with Crippen molar-refractivity contribution in [3.63, 3.8) is 0 Å². The number of anilines is 2. The molecule has 5 nitrogen and oxygen atoms in total. The van der Waals surface area contributed by atoms with Crippen LogP contribution >= 0.6 is 0 Å². The second kappa shape index (κ2) is 6.45. The van der Waals surface area contributed by atoms with Crippen molar-refractivity contribution < 1.29 is 8.42 Å². The van der Waals surface area contributed by atoms with Crippen molar-refractivity contribution >= 4 is 21.4 Å². The Hall–Kier alpha value is -1.27. The molecule has 1 aromatic rings. The average Bonchev–Trinajstić information content (AvgIpc) is 2.82. The minimum absolute atomic E-state index is 0.285. The van der Waals surface area contributed by atoms with Gasteiger partial charge in [-0.25, -0.2) is 8.42 Å². The molecule has 0 aliphatic carbocycles. The molecule has 2 unspecified atom stereocenters. The van der Waals surface area contributed by atoms with Gasteiger partial charge in [0, 0.05) is 12.1 Å². The van der Waals surface area contributed by atoms with Crippen molar-refractivity contribution in [2.45, 2.75) is 38.3 Å². The average molecular weight is 297 g/mol. The molecular formula is C14H23N3O2S. The second-order valence-corrected chi connectivity index (χ2v) is 7.24. The quantitative estimate of drug-likeness (QED) is 0.751. The van der Waals surface area contributed by atoms with Crippen molar-refractivity contribution in [1.29, 1.82) is 0 Å². The third-order valence-corrected chi connectivity index (χ3v) is 4.02. The summed E-state index contributed by atoms with van der Waals surface area (Å²) >= 11 is 0. The van der Waals surface area contributed by atoms with Crippen molar-refractivity contribution in [2.24, 2.45) is 0 Å². The predicted molar refractivity (Wildman–Crippen MR) is 83.6 cm³/mol. The molecule has 1 saturated heterocycles. The van der Waals surface area contributed by atoms with E-state index in [2.05, 4.69) is 22.3 Å². The predicted octanol–water partition coefficient (Wildman–Crippen LogP) is 2.00. The van der Waals surface area contributed by atoms with Crippen LogP contribution in [0.25, 0.3) is 0 Å². The van der Waals surface area contributed by atoms with Crippen LogP contribution in [0.2, 0.25) is 0 Å². The van der Waals surface area contributed by atoms with E-state index in [9.17, 15) is 8.42 Å². The molecule has 0 saturated carbocycles. The Morgan fingerprint density at radius 1 is 1.35 bits per heavy atom. The van der Waals surface area contributed by atoms with Gasteiger partial charge >= 0.3 is 0 Å². The van der Waals surface area contributed by atoms with Gasteiger partial charge in [0.15, 0.2) is 0 Å². The Morgan fingerprint density at radius 3 is 2.65 bits per heavy atom. The molecule has 2 atom stereocenters. The highest BCUT2D eigenvalue weighted by molar-refractivity contribution is 7.92. The van der Waals surface area contributed by atoms with Gasteiger partial charge in [0.05, 0.1) is 17.6 Å². The van der Waals surface area contributed by atoms with E-state index in [4.69, 9.17) is 0 Å². The Kier molecular flexibility index (Phi) is 4.88. The van der Waals surface area contributed by atoms with Crippen LogP contribution in [0, 0.1) is 0 Å². The Bertz CT molecular complexity index is 539. The van der Waals surface area contributed by atoms with Gasteiger partial charge in [0.25, 0.3) is 0 Å². The maximum Gasteiger partial charge on any atom is 0.229 e. The van der Waals surface area contributed by atoms with E-state index in [0.29, 0.717) is 11.7 Å².